The van der Waals surface area contributed by atoms with Crippen LogP contribution in [0.4, 0.5) is 20.6 Å². The number of carbonyl (C=O) groups excluding carboxylic acids is 3. The maximum absolute atomic E-state index is 13.3. The number of nitrogens with zero attached hydrogens (tertiary/aromatic N) is 2. The molecule has 1 N–H and O–H groups in total. The lowest BCUT2D eigenvalue weighted by molar-refractivity contribution is -0.124. The zero-order valence-corrected chi connectivity index (χ0v) is 17.3. The second-order valence-corrected chi connectivity index (χ2v) is 8.53. The molecule has 6 nitrogen and oxygen atoms in total. The van der Waals surface area contributed by atoms with Gasteiger partial charge in [-0.15, -0.1) is 11.8 Å². The first-order chi connectivity index (χ1) is 14.4. The molecule has 1 saturated heterocycles. The lowest BCUT2D eigenvalue weighted by atomic mass is 9.95. The molecule has 154 valence electrons. The monoisotopic (exact) mass is 425 g/mol. The number of para-hydroxylation sites is 1. The Morgan fingerprint density at radius 2 is 1.73 bits per heavy atom. The van der Waals surface area contributed by atoms with Gasteiger partial charge in [0.25, 0.3) is 0 Å². The molecule has 30 heavy (non-hydrogen) atoms. The third kappa shape index (κ3) is 3.59. The highest BCUT2D eigenvalue weighted by Crippen LogP contribution is 2.47. The van der Waals surface area contributed by atoms with Crippen LogP contribution in [0.5, 0.6) is 0 Å². The minimum Gasteiger partial charge on any atom is -0.325 e. The Morgan fingerprint density at radius 3 is 2.40 bits per heavy atom. The van der Waals surface area contributed by atoms with Crippen molar-refractivity contribution >= 4 is 41.0 Å². The van der Waals surface area contributed by atoms with Crippen molar-refractivity contribution < 1.29 is 18.8 Å². The van der Waals surface area contributed by atoms with Crippen LogP contribution in [-0.4, -0.2) is 34.7 Å². The van der Waals surface area contributed by atoms with Gasteiger partial charge in [-0.05, 0) is 60.7 Å². The zero-order chi connectivity index (χ0) is 21.4. The number of amides is 4. The summed E-state index contributed by atoms with van der Waals surface area (Å²) in [6.45, 7) is 3.59. The maximum Gasteiger partial charge on any atom is 0.332 e. The molecule has 0 spiro atoms. The number of allylic oxidation sites excluding steroid dienone is 1. The molecule has 4 rings (SSSR count). The van der Waals surface area contributed by atoms with Crippen LogP contribution in [0.15, 0.2) is 65.1 Å². The van der Waals surface area contributed by atoms with Gasteiger partial charge < -0.3 is 10.2 Å². The minimum atomic E-state index is -0.531. The lowest BCUT2D eigenvalue weighted by Crippen LogP contribution is -2.61. The number of halogens is 1. The Labute approximate surface area is 177 Å². The lowest BCUT2D eigenvalue weighted by Gasteiger charge is -2.41. The fourth-order valence-corrected chi connectivity index (χ4v) is 5.08. The average molecular weight is 425 g/mol. The summed E-state index contributed by atoms with van der Waals surface area (Å²) in [5.41, 5.74) is 1.81. The van der Waals surface area contributed by atoms with E-state index in [-0.39, 0.29) is 12.5 Å². The van der Waals surface area contributed by atoms with Gasteiger partial charge in [-0.3, -0.25) is 9.59 Å². The highest BCUT2D eigenvalue weighted by atomic mass is 32.2. The zero-order valence-electron chi connectivity index (χ0n) is 16.5. The molecule has 8 heteroatoms. The summed E-state index contributed by atoms with van der Waals surface area (Å²) < 4.78 is 13.1. The summed E-state index contributed by atoms with van der Waals surface area (Å²) in [7, 11) is 0. The molecule has 4 amide bonds. The molecule has 2 aliphatic heterocycles. The predicted molar refractivity (Wildman–Crippen MR) is 114 cm³/mol. The van der Waals surface area contributed by atoms with Gasteiger partial charge in [0.15, 0.2) is 0 Å². The number of urea groups is 1. The Morgan fingerprint density at radius 1 is 1.07 bits per heavy atom. The van der Waals surface area contributed by atoms with Gasteiger partial charge in [-0.25, -0.2) is 14.1 Å². The van der Waals surface area contributed by atoms with Gasteiger partial charge in [0.05, 0.1) is 17.0 Å². The van der Waals surface area contributed by atoms with E-state index in [0.717, 1.165) is 15.4 Å². The number of rotatable bonds is 4. The van der Waals surface area contributed by atoms with Crippen molar-refractivity contribution in [3.63, 3.8) is 0 Å². The van der Waals surface area contributed by atoms with Crippen LogP contribution in [0, 0.1) is 11.7 Å². The van der Waals surface area contributed by atoms with Crippen molar-refractivity contribution in [3.8, 4) is 0 Å². The molecule has 0 saturated carbocycles. The quantitative estimate of drug-likeness (QED) is 0.797. The van der Waals surface area contributed by atoms with Crippen LogP contribution in [0.3, 0.4) is 0 Å². The standard InChI is InChI=1S/C22H20FN3O3S/c1-13-14(2)30-21-19(13)20(28)26(17-6-4-3-5-7-17)22(29)25(21)12-18(27)24-16-10-8-15(23)9-11-16/h3-11,19,21H,12H2,1-2H3,(H,24,27). The molecular weight excluding hydrogens is 405 g/mol. The maximum atomic E-state index is 13.3. The molecule has 2 aromatic rings. The molecule has 2 heterocycles. The first-order valence-electron chi connectivity index (χ1n) is 9.46. The van der Waals surface area contributed by atoms with Crippen LogP contribution < -0.4 is 10.2 Å². The Balaban J connectivity index is 1.62. The average Bonchev–Trinajstić information content (AvgIpc) is 3.02. The van der Waals surface area contributed by atoms with E-state index in [1.54, 1.807) is 30.3 Å². The van der Waals surface area contributed by atoms with E-state index in [9.17, 15) is 18.8 Å². The van der Waals surface area contributed by atoms with Gasteiger partial charge in [-0.2, -0.15) is 0 Å². The first-order valence-corrected chi connectivity index (χ1v) is 10.3. The summed E-state index contributed by atoms with van der Waals surface area (Å²) >= 11 is 1.43. The fourth-order valence-electron chi connectivity index (χ4n) is 3.66. The number of anilines is 2. The number of nitrogens with one attached hydrogen (secondary N) is 1. The smallest absolute Gasteiger partial charge is 0.325 e. The highest BCUT2D eigenvalue weighted by Gasteiger charge is 2.51. The van der Waals surface area contributed by atoms with Gasteiger partial charge in [0, 0.05) is 5.69 Å². The molecule has 0 bridgehead atoms. The van der Waals surface area contributed by atoms with Crippen molar-refractivity contribution in [1.82, 2.24) is 4.90 Å². The molecule has 0 aromatic heterocycles. The van der Waals surface area contributed by atoms with Crippen LogP contribution in [-0.2, 0) is 9.59 Å². The number of thioether (sulfide) groups is 1. The van der Waals surface area contributed by atoms with E-state index in [2.05, 4.69) is 5.32 Å². The largest absolute Gasteiger partial charge is 0.332 e. The van der Waals surface area contributed by atoms with Crippen molar-refractivity contribution in [2.75, 3.05) is 16.8 Å². The minimum absolute atomic E-state index is 0.221. The van der Waals surface area contributed by atoms with Gasteiger partial charge in [0.1, 0.15) is 12.4 Å². The van der Waals surface area contributed by atoms with E-state index in [1.807, 2.05) is 13.8 Å². The Kier molecular flexibility index (Phi) is 5.34. The number of hydrogen-bond acceptors (Lipinski definition) is 4. The SMILES string of the molecule is CC1=C(C)C2C(=O)N(c3ccccc3)C(=O)N(CC(=O)Nc3ccc(F)cc3)C2S1. The van der Waals surface area contributed by atoms with Crippen LogP contribution in [0.1, 0.15) is 13.8 Å². The van der Waals surface area contributed by atoms with E-state index in [1.165, 1.54) is 40.9 Å². The summed E-state index contributed by atoms with van der Waals surface area (Å²) in [6.07, 6.45) is 0. The molecule has 2 unspecified atom stereocenters. The second-order valence-electron chi connectivity index (χ2n) is 7.20. The molecule has 2 atom stereocenters. The van der Waals surface area contributed by atoms with E-state index >= 15 is 0 Å². The molecule has 2 aliphatic rings. The first kappa shape index (κ1) is 20.2. The van der Waals surface area contributed by atoms with E-state index < -0.39 is 29.0 Å². The number of imide groups is 1. The number of carbonyl (C=O) groups is 3. The van der Waals surface area contributed by atoms with Crippen molar-refractivity contribution in [1.29, 1.82) is 0 Å². The molecule has 1 fully saturated rings. The van der Waals surface area contributed by atoms with Gasteiger partial charge in [0.2, 0.25) is 11.8 Å². The second kappa shape index (κ2) is 7.95. The normalized spacial score (nSPS) is 21.2. The molecule has 0 aliphatic carbocycles. The molecular formula is C22H20FN3O3S. The van der Waals surface area contributed by atoms with Crippen LogP contribution in [0.2, 0.25) is 0 Å². The number of fused-ring (bicyclic) bond motifs is 1. The topological polar surface area (TPSA) is 69.7 Å². The van der Waals surface area contributed by atoms with Crippen LogP contribution >= 0.6 is 11.8 Å². The predicted octanol–water partition coefficient (Wildman–Crippen LogP) is 4.22. The van der Waals surface area contributed by atoms with E-state index in [4.69, 9.17) is 0 Å². The summed E-state index contributed by atoms with van der Waals surface area (Å²) in [4.78, 5) is 42.7. The van der Waals surface area contributed by atoms with Gasteiger partial charge in [-0.1, -0.05) is 18.2 Å². The summed E-state index contributed by atoms with van der Waals surface area (Å²) in [5, 5.41) is 2.21. The Bertz CT molecular complexity index is 1040. The highest BCUT2D eigenvalue weighted by molar-refractivity contribution is 8.03. The number of hydrogen-bond donors (Lipinski definition) is 1. The summed E-state index contributed by atoms with van der Waals surface area (Å²) in [6, 6.07) is 13.6. The fraction of sp³-hybridized carbons (Fsp3) is 0.227. The third-order valence-corrected chi connectivity index (χ3v) is 6.74. The van der Waals surface area contributed by atoms with Crippen molar-refractivity contribution in [3.05, 3.63) is 70.9 Å². The van der Waals surface area contributed by atoms with Crippen LogP contribution in [0.25, 0.3) is 0 Å². The van der Waals surface area contributed by atoms with E-state index in [0.29, 0.717) is 11.4 Å². The van der Waals surface area contributed by atoms with Crippen molar-refractivity contribution in [2.45, 2.75) is 19.2 Å². The summed E-state index contributed by atoms with van der Waals surface area (Å²) in [5.74, 6) is -1.61. The molecule has 2 aromatic carbocycles. The third-order valence-electron chi connectivity index (χ3n) is 5.29. The Hall–Kier alpha value is -3.13. The number of benzene rings is 2. The van der Waals surface area contributed by atoms with Gasteiger partial charge >= 0.3 is 6.03 Å². The molecule has 0 radical (unpaired) electrons. The van der Waals surface area contributed by atoms with Crippen molar-refractivity contribution in [2.24, 2.45) is 5.92 Å².